The summed E-state index contributed by atoms with van der Waals surface area (Å²) in [6, 6.07) is 6.24. The minimum atomic E-state index is -3.15. The van der Waals surface area contributed by atoms with Crippen molar-refractivity contribution < 1.29 is 13.2 Å². The lowest BCUT2D eigenvalue weighted by atomic mass is 10.0. The molecule has 186 valence electrons. The molecule has 2 aliphatic rings. The van der Waals surface area contributed by atoms with Crippen LogP contribution < -0.4 is 9.64 Å². The summed E-state index contributed by atoms with van der Waals surface area (Å²) >= 11 is 1.57. The molecule has 1 aromatic carbocycles. The minimum Gasteiger partial charge on any atom is -0.467 e. The number of rotatable bonds is 7. The van der Waals surface area contributed by atoms with Crippen molar-refractivity contribution in [3.8, 4) is 5.19 Å². The van der Waals surface area contributed by atoms with Crippen molar-refractivity contribution in [3.05, 3.63) is 47.8 Å². The first-order valence-electron chi connectivity index (χ1n) is 12.2. The van der Waals surface area contributed by atoms with Crippen LogP contribution in [-0.2, 0) is 16.4 Å². The van der Waals surface area contributed by atoms with Crippen LogP contribution in [0.1, 0.15) is 43.7 Å². The van der Waals surface area contributed by atoms with Gasteiger partial charge >= 0.3 is 0 Å². The highest BCUT2D eigenvalue weighted by Gasteiger charge is 2.24. The number of aromatic nitrogens is 3. The maximum absolute atomic E-state index is 11.8. The van der Waals surface area contributed by atoms with E-state index >= 15 is 0 Å². The molecule has 0 N–H and O–H groups in total. The largest absolute Gasteiger partial charge is 0.467 e. The predicted molar refractivity (Wildman–Crippen MR) is 141 cm³/mol. The maximum atomic E-state index is 11.8. The van der Waals surface area contributed by atoms with E-state index in [4.69, 9.17) is 9.72 Å². The summed E-state index contributed by atoms with van der Waals surface area (Å²) in [5.74, 6) is 0.799. The van der Waals surface area contributed by atoms with Gasteiger partial charge in [-0.1, -0.05) is 36.8 Å². The average Bonchev–Trinajstić information content (AvgIpc) is 3.26. The molecule has 0 aliphatic carbocycles. The van der Waals surface area contributed by atoms with E-state index in [2.05, 4.69) is 33.9 Å². The number of thiazole rings is 1. The molecular weight excluding hydrogens is 482 g/mol. The SMILES string of the molecule is CCCc1cnc(N2CCC(Oc3nc4ccc(C5=CCN(S(C)(=O)=O)CC5)cc4s3)CC2)nc1. The second-order valence-electron chi connectivity index (χ2n) is 9.21. The van der Waals surface area contributed by atoms with Gasteiger partial charge in [-0.3, -0.25) is 0 Å². The van der Waals surface area contributed by atoms with E-state index in [1.54, 1.807) is 11.3 Å². The molecule has 0 unspecified atom stereocenters. The second-order valence-corrected chi connectivity index (χ2v) is 12.2. The van der Waals surface area contributed by atoms with E-state index in [0.29, 0.717) is 24.7 Å². The molecule has 1 fully saturated rings. The van der Waals surface area contributed by atoms with Crippen LogP contribution in [0.15, 0.2) is 36.7 Å². The molecule has 0 atom stereocenters. The molecule has 5 rings (SSSR count). The summed E-state index contributed by atoms with van der Waals surface area (Å²) in [6.45, 7) is 4.84. The Morgan fingerprint density at radius 3 is 2.57 bits per heavy atom. The van der Waals surface area contributed by atoms with Gasteiger partial charge in [-0.25, -0.2) is 23.4 Å². The molecule has 4 heterocycles. The number of hydrogen-bond donors (Lipinski definition) is 0. The van der Waals surface area contributed by atoms with E-state index in [1.165, 1.54) is 21.7 Å². The molecular formula is C25H31N5O3S2. The molecule has 0 saturated carbocycles. The highest BCUT2D eigenvalue weighted by Crippen LogP contribution is 2.33. The number of nitrogens with zero attached hydrogens (tertiary/aromatic N) is 5. The lowest BCUT2D eigenvalue weighted by Gasteiger charge is -2.31. The number of anilines is 1. The Hall–Kier alpha value is -2.56. The molecule has 35 heavy (non-hydrogen) atoms. The van der Waals surface area contributed by atoms with Crippen LogP contribution in [0.5, 0.6) is 5.19 Å². The van der Waals surface area contributed by atoms with Crippen molar-refractivity contribution in [2.24, 2.45) is 0 Å². The molecule has 2 aromatic heterocycles. The first-order valence-corrected chi connectivity index (χ1v) is 14.8. The van der Waals surface area contributed by atoms with Crippen molar-refractivity contribution in [3.63, 3.8) is 0 Å². The van der Waals surface area contributed by atoms with Gasteiger partial charge in [0.2, 0.25) is 16.0 Å². The Kier molecular flexibility index (Phi) is 7.04. The maximum Gasteiger partial charge on any atom is 0.274 e. The Morgan fingerprint density at radius 1 is 1.14 bits per heavy atom. The van der Waals surface area contributed by atoms with Gasteiger partial charge in [0.05, 0.1) is 16.5 Å². The zero-order valence-electron chi connectivity index (χ0n) is 20.2. The predicted octanol–water partition coefficient (Wildman–Crippen LogP) is 4.14. The number of sulfonamides is 1. The number of ether oxygens (including phenoxy) is 1. The molecule has 0 amide bonds. The van der Waals surface area contributed by atoms with Crippen LogP contribution >= 0.6 is 11.3 Å². The Morgan fingerprint density at radius 2 is 1.91 bits per heavy atom. The standard InChI is InChI=1S/C25H31N5O3S2/c1-3-4-18-16-26-24(27-17-18)29-11-9-21(10-12-29)33-25-28-22-6-5-20(15-23(22)34-25)19-7-13-30(14-8-19)35(2,31)32/h5-7,15-17,21H,3-4,8-14H2,1-2H3. The monoisotopic (exact) mass is 513 g/mol. The Bertz CT molecular complexity index is 1310. The summed E-state index contributed by atoms with van der Waals surface area (Å²) in [6.07, 6.45) is 11.9. The van der Waals surface area contributed by atoms with Crippen LogP contribution in [0.4, 0.5) is 5.95 Å². The summed E-state index contributed by atoms with van der Waals surface area (Å²) in [4.78, 5) is 16.0. The third-order valence-electron chi connectivity index (χ3n) is 6.60. The third kappa shape index (κ3) is 5.65. The molecule has 8 nitrogen and oxygen atoms in total. The normalized spacial score (nSPS) is 18.1. The van der Waals surface area contributed by atoms with Gasteiger partial charge in [0.1, 0.15) is 6.10 Å². The van der Waals surface area contributed by atoms with Crippen molar-refractivity contribution in [2.45, 2.75) is 45.1 Å². The van der Waals surface area contributed by atoms with E-state index in [9.17, 15) is 8.42 Å². The molecule has 3 aromatic rings. The van der Waals surface area contributed by atoms with Gasteiger partial charge in [-0.15, -0.1) is 0 Å². The molecule has 10 heteroatoms. The lowest BCUT2D eigenvalue weighted by Crippen LogP contribution is -2.39. The highest BCUT2D eigenvalue weighted by atomic mass is 32.2. The van der Waals surface area contributed by atoms with Gasteiger partial charge in [-0.2, -0.15) is 4.31 Å². The van der Waals surface area contributed by atoms with Crippen molar-refractivity contribution in [1.82, 2.24) is 19.3 Å². The quantitative estimate of drug-likeness (QED) is 0.469. The summed E-state index contributed by atoms with van der Waals surface area (Å²) in [7, 11) is -3.15. The molecule has 1 saturated heterocycles. The van der Waals surface area contributed by atoms with Gasteiger partial charge in [0.25, 0.3) is 5.19 Å². The molecule has 0 bridgehead atoms. The summed E-state index contributed by atoms with van der Waals surface area (Å²) < 4.78 is 32.4. The topological polar surface area (TPSA) is 88.5 Å². The van der Waals surface area contributed by atoms with E-state index < -0.39 is 10.0 Å². The average molecular weight is 514 g/mol. The lowest BCUT2D eigenvalue weighted by molar-refractivity contribution is 0.170. The number of hydrogen-bond acceptors (Lipinski definition) is 8. The van der Waals surface area contributed by atoms with Crippen LogP contribution in [0.3, 0.4) is 0 Å². The minimum absolute atomic E-state index is 0.133. The van der Waals surface area contributed by atoms with Gasteiger partial charge < -0.3 is 9.64 Å². The number of piperidine rings is 1. The smallest absolute Gasteiger partial charge is 0.274 e. The van der Waals surface area contributed by atoms with E-state index in [-0.39, 0.29) is 6.10 Å². The Labute approximate surface area is 210 Å². The van der Waals surface area contributed by atoms with Crippen LogP contribution in [-0.4, -0.2) is 66.2 Å². The zero-order chi connectivity index (χ0) is 24.4. The number of benzene rings is 1. The van der Waals surface area contributed by atoms with Gasteiger partial charge in [-0.05, 0) is 41.7 Å². The second kappa shape index (κ2) is 10.2. The van der Waals surface area contributed by atoms with Crippen molar-refractivity contribution in [1.29, 1.82) is 0 Å². The fourth-order valence-corrected chi connectivity index (χ4v) is 6.30. The highest BCUT2D eigenvalue weighted by molar-refractivity contribution is 7.88. The molecule has 2 aliphatic heterocycles. The number of fused-ring (bicyclic) bond motifs is 1. The van der Waals surface area contributed by atoms with Crippen molar-refractivity contribution in [2.75, 3.05) is 37.3 Å². The van der Waals surface area contributed by atoms with Gasteiger partial charge in [0.15, 0.2) is 0 Å². The van der Waals surface area contributed by atoms with Crippen LogP contribution in [0.2, 0.25) is 0 Å². The third-order valence-corrected chi connectivity index (χ3v) is 8.78. The van der Waals surface area contributed by atoms with Crippen LogP contribution in [0.25, 0.3) is 15.8 Å². The molecule has 0 radical (unpaired) electrons. The fourth-order valence-electron chi connectivity index (χ4n) is 4.61. The van der Waals surface area contributed by atoms with Crippen LogP contribution in [0, 0.1) is 0 Å². The first kappa shape index (κ1) is 24.1. The first-order chi connectivity index (χ1) is 16.9. The van der Waals surface area contributed by atoms with E-state index in [0.717, 1.165) is 60.5 Å². The summed E-state index contributed by atoms with van der Waals surface area (Å²) in [5.41, 5.74) is 4.42. The molecule has 0 spiro atoms. The summed E-state index contributed by atoms with van der Waals surface area (Å²) in [5, 5.41) is 0.705. The van der Waals surface area contributed by atoms with Crippen molar-refractivity contribution >= 4 is 43.1 Å². The van der Waals surface area contributed by atoms with Gasteiger partial charge in [0, 0.05) is 51.4 Å². The van der Waals surface area contributed by atoms with E-state index in [1.807, 2.05) is 24.5 Å². The number of aryl methyl sites for hydroxylation is 1. The Balaban J connectivity index is 1.20. The zero-order valence-corrected chi connectivity index (χ0v) is 21.8. The fraction of sp³-hybridized carbons (Fsp3) is 0.480.